The van der Waals surface area contributed by atoms with Crippen molar-refractivity contribution in [3.63, 3.8) is 0 Å². The Kier molecular flexibility index (Phi) is 4.95. The molecule has 116 valence electrons. The number of nitrogens with zero attached hydrogens (tertiary/aromatic N) is 3. The number of anilines is 1. The molecule has 0 saturated heterocycles. The first-order chi connectivity index (χ1) is 11.3. The number of nitrogens with one attached hydrogen (secondary N) is 1. The van der Waals surface area contributed by atoms with Crippen molar-refractivity contribution in [2.24, 2.45) is 5.10 Å². The van der Waals surface area contributed by atoms with Crippen LogP contribution in [0.5, 0.6) is 5.75 Å². The lowest BCUT2D eigenvalue weighted by atomic mass is 10.2. The van der Waals surface area contributed by atoms with Crippen molar-refractivity contribution >= 4 is 22.2 Å². The molecule has 0 fully saturated rings. The number of benzene rings is 1. The summed E-state index contributed by atoms with van der Waals surface area (Å²) in [6.07, 6.45) is 3.54. The van der Waals surface area contributed by atoms with Crippen molar-refractivity contribution in [1.82, 2.24) is 9.97 Å². The molecule has 1 aromatic carbocycles. The van der Waals surface area contributed by atoms with Gasteiger partial charge in [-0.15, -0.1) is 11.3 Å². The van der Waals surface area contributed by atoms with E-state index >= 15 is 0 Å². The average Bonchev–Trinajstić information content (AvgIpc) is 3.09. The Labute approximate surface area is 138 Å². The third kappa shape index (κ3) is 4.37. The maximum atomic E-state index is 5.63. The third-order valence-electron chi connectivity index (χ3n) is 2.99. The van der Waals surface area contributed by atoms with Crippen LogP contribution in [0, 0.1) is 0 Å². The van der Waals surface area contributed by atoms with Crippen LogP contribution in [-0.4, -0.2) is 22.3 Å². The van der Waals surface area contributed by atoms with E-state index in [0.29, 0.717) is 6.61 Å². The molecule has 0 aliphatic heterocycles. The standard InChI is InChI=1S/C17H16N4OS/c1-13(11-22-15-7-3-2-4-8-15)20-21-17-19-16(12-23-17)14-6-5-9-18-10-14/h2-10,12H,11H2,1H3,(H,19,21)/b20-13+. The number of thiazole rings is 1. The second-order valence-corrected chi connectivity index (χ2v) is 5.70. The molecule has 0 radical (unpaired) electrons. The molecular weight excluding hydrogens is 308 g/mol. The summed E-state index contributed by atoms with van der Waals surface area (Å²) in [6.45, 7) is 2.34. The highest BCUT2D eigenvalue weighted by Gasteiger charge is 2.04. The van der Waals surface area contributed by atoms with Crippen LogP contribution in [0.2, 0.25) is 0 Å². The van der Waals surface area contributed by atoms with Gasteiger partial charge in [-0.05, 0) is 31.2 Å². The molecule has 3 aromatic rings. The molecule has 2 aromatic heterocycles. The minimum atomic E-state index is 0.428. The number of ether oxygens (including phenoxy) is 1. The SMILES string of the molecule is C/C(COc1ccccc1)=N\Nc1nc(-c2cccnc2)cs1. The summed E-state index contributed by atoms with van der Waals surface area (Å²) in [6, 6.07) is 13.5. The summed E-state index contributed by atoms with van der Waals surface area (Å²) in [5.41, 5.74) is 5.68. The molecular formula is C17H16N4OS. The van der Waals surface area contributed by atoms with Gasteiger partial charge < -0.3 is 4.74 Å². The molecule has 2 heterocycles. The molecule has 0 aliphatic carbocycles. The normalized spacial score (nSPS) is 11.3. The highest BCUT2D eigenvalue weighted by atomic mass is 32.1. The average molecular weight is 324 g/mol. The van der Waals surface area contributed by atoms with Crippen LogP contribution < -0.4 is 10.2 Å². The summed E-state index contributed by atoms with van der Waals surface area (Å²) < 4.78 is 5.63. The molecule has 0 amide bonds. The number of pyridine rings is 1. The van der Waals surface area contributed by atoms with E-state index in [1.54, 1.807) is 12.4 Å². The van der Waals surface area contributed by atoms with Gasteiger partial charge in [-0.1, -0.05) is 18.2 Å². The van der Waals surface area contributed by atoms with Crippen LogP contribution in [0.25, 0.3) is 11.3 Å². The van der Waals surface area contributed by atoms with Gasteiger partial charge in [-0.2, -0.15) is 5.10 Å². The Bertz CT molecular complexity index is 772. The van der Waals surface area contributed by atoms with Crippen molar-refractivity contribution < 1.29 is 4.74 Å². The highest BCUT2D eigenvalue weighted by molar-refractivity contribution is 7.14. The smallest absolute Gasteiger partial charge is 0.203 e. The van der Waals surface area contributed by atoms with E-state index < -0.39 is 0 Å². The lowest BCUT2D eigenvalue weighted by molar-refractivity contribution is 0.376. The molecule has 0 spiro atoms. The van der Waals surface area contributed by atoms with Gasteiger partial charge in [-0.25, -0.2) is 4.98 Å². The van der Waals surface area contributed by atoms with E-state index in [0.717, 1.165) is 27.9 Å². The summed E-state index contributed by atoms with van der Waals surface area (Å²) in [4.78, 5) is 8.59. The molecule has 6 heteroatoms. The van der Waals surface area contributed by atoms with Crippen LogP contribution in [0.1, 0.15) is 6.92 Å². The van der Waals surface area contributed by atoms with Crippen LogP contribution >= 0.6 is 11.3 Å². The molecule has 1 N–H and O–H groups in total. The number of rotatable bonds is 6. The second-order valence-electron chi connectivity index (χ2n) is 4.84. The number of para-hydroxylation sites is 1. The molecule has 3 rings (SSSR count). The maximum absolute atomic E-state index is 5.63. The Morgan fingerprint density at radius 2 is 2.09 bits per heavy atom. The number of hydrazone groups is 1. The Hall–Kier alpha value is -2.73. The Morgan fingerprint density at radius 3 is 2.87 bits per heavy atom. The minimum absolute atomic E-state index is 0.428. The molecule has 0 saturated carbocycles. The van der Waals surface area contributed by atoms with Gasteiger partial charge in [0.2, 0.25) is 5.13 Å². The van der Waals surface area contributed by atoms with Gasteiger partial charge in [0.25, 0.3) is 0 Å². The number of hydrogen-bond acceptors (Lipinski definition) is 6. The monoisotopic (exact) mass is 324 g/mol. The lowest BCUT2D eigenvalue weighted by Gasteiger charge is -2.05. The van der Waals surface area contributed by atoms with Gasteiger partial charge in [0.15, 0.2) is 0 Å². The molecule has 0 aliphatic rings. The van der Waals surface area contributed by atoms with Crippen molar-refractivity contribution in [2.45, 2.75) is 6.92 Å². The van der Waals surface area contributed by atoms with Crippen molar-refractivity contribution in [3.05, 3.63) is 60.2 Å². The molecule has 23 heavy (non-hydrogen) atoms. The van der Waals surface area contributed by atoms with Gasteiger partial charge in [-0.3, -0.25) is 10.4 Å². The Morgan fingerprint density at radius 1 is 1.22 bits per heavy atom. The van der Waals surface area contributed by atoms with E-state index in [2.05, 4.69) is 20.5 Å². The summed E-state index contributed by atoms with van der Waals surface area (Å²) in [5.74, 6) is 0.829. The first-order valence-corrected chi connectivity index (χ1v) is 8.02. The van der Waals surface area contributed by atoms with Crippen LogP contribution in [0.4, 0.5) is 5.13 Å². The molecule has 0 bridgehead atoms. The van der Waals surface area contributed by atoms with E-state index in [9.17, 15) is 0 Å². The van der Waals surface area contributed by atoms with Gasteiger partial charge in [0, 0.05) is 23.3 Å². The van der Waals surface area contributed by atoms with Gasteiger partial charge in [0.05, 0.1) is 11.4 Å². The van der Waals surface area contributed by atoms with Crippen molar-refractivity contribution in [1.29, 1.82) is 0 Å². The summed E-state index contributed by atoms with van der Waals surface area (Å²) in [7, 11) is 0. The molecule has 0 unspecified atom stereocenters. The predicted octanol–water partition coefficient (Wildman–Crippen LogP) is 4.07. The topological polar surface area (TPSA) is 59.4 Å². The van der Waals surface area contributed by atoms with Crippen LogP contribution in [-0.2, 0) is 0 Å². The highest BCUT2D eigenvalue weighted by Crippen LogP contribution is 2.23. The Balaban J connectivity index is 1.56. The van der Waals surface area contributed by atoms with Crippen LogP contribution in [0.15, 0.2) is 65.3 Å². The van der Waals surface area contributed by atoms with Crippen molar-refractivity contribution in [3.8, 4) is 17.0 Å². The van der Waals surface area contributed by atoms with E-state index in [1.807, 2.05) is 54.8 Å². The van der Waals surface area contributed by atoms with E-state index in [-0.39, 0.29) is 0 Å². The first kappa shape index (κ1) is 15.2. The third-order valence-corrected chi connectivity index (χ3v) is 3.74. The zero-order valence-electron chi connectivity index (χ0n) is 12.6. The van der Waals surface area contributed by atoms with E-state index in [1.165, 1.54) is 11.3 Å². The van der Waals surface area contributed by atoms with Gasteiger partial charge in [0.1, 0.15) is 12.4 Å². The maximum Gasteiger partial charge on any atom is 0.203 e. The largest absolute Gasteiger partial charge is 0.488 e. The second kappa shape index (κ2) is 7.51. The summed E-state index contributed by atoms with van der Waals surface area (Å²) in [5, 5.41) is 7.01. The zero-order chi connectivity index (χ0) is 15.9. The number of aromatic nitrogens is 2. The fourth-order valence-electron chi connectivity index (χ4n) is 1.85. The summed E-state index contributed by atoms with van der Waals surface area (Å²) >= 11 is 1.50. The van der Waals surface area contributed by atoms with Crippen LogP contribution in [0.3, 0.4) is 0 Å². The quantitative estimate of drug-likeness (QED) is 0.548. The fourth-order valence-corrected chi connectivity index (χ4v) is 2.51. The minimum Gasteiger partial charge on any atom is -0.488 e. The zero-order valence-corrected chi connectivity index (χ0v) is 13.5. The predicted molar refractivity (Wildman–Crippen MR) is 94.0 cm³/mol. The molecule has 5 nitrogen and oxygen atoms in total. The van der Waals surface area contributed by atoms with E-state index in [4.69, 9.17) is 4.74 Å². The first-order valence-electron chi connectivity index (χ1n) is 7.14. The molecule has 0 atom stereocenters. The lowest BCUT2D eigenvalue weighted by Crippen LogP contribution is -2.09. The number of hydrogen-bond donors (Lipinski definition) is 1. The van der Waals surface area contributed by atoms with Crippen molar-refractivity contribution in [2.75, 3.05) is 12.0 Å². The fraction of sp³-hybridized carbons (Fsp3) is 0.118. The van der Waals surface area contributed by atoms with Gasteiger partial charge >= 0.3 is 0 Å².